The first kappa shape index (κ1) is 28.2. The number of aromatic nitrogens is 1. The number of anilines is 1. The van der Waals surface area contributed by atoms with Crippen molar-refractivity contribution >= 4 is 42.3 Å². The quantitative estimate of drug-likeness (QED) is 0.412. The van der Waals surface area contributed by atoms with Crippen LogP contribution in [0.25, 0.3) is 0 Å². The Bertz CT molecular complexity index is 1110. The summed E-state index contributed by atoms with van der Waals surface area (Å²) in [4.78, 5) is 29.5. The van der Waals surface area contributed by atoms with Crippen molar-refractivity contribution in [1.29, 1.82) is 0 Å². The van der Waals surface area contributed by atoms with Crippen LogP contribution in [0.4, 0.5) is 10.1 Å². The van der Waals surface area contributed by atoms with E-state index in [4.69, 9.17) is 5.73 Å². The molecule has 1 aliphatic rings. The molecule has 1 heterocycles. The number of pyridine rings is 1. The molecule has 0 aliphatic heterocycles. The van der Waals surface area contributed by atoms with Gasteiger partial charge < -0.3 is 16.4 Å². The van der Waals surface area contributed by atoms with Crippen molar-refractivity contribution < 1.29 is 14.0 Å². The fraction of sp³-hybridized carbons (Fsp3) is 0.269. The lowest BCUT2D eigenvalue weighted by Gasteiger charge is -2.29. The van der Waals surface area contributed by atoms with Gasteiger partial charge in [-0.25, -0.2) is 4.39 Å². The first-order valence-corrected chi connectivity index (χ1v) is 11.1. The number of carbonyl (C=O) groups excluding carboxylic acids is 2. The van der Waals surface area contributed by atoms with Gasteiger partial charge in [-0.1, -0.05) is 37.1 Å². The summed E-state index contributed by atoms with van der Waals surface area (Å²) in [6.45, 7) is 0.268. The monoisotopic (exact) mass is 518 g/mol. The van der Waals surface area contributed by atoms with Crippen LogP contribution in [0.3, 0.4) is 0 Å². The highest BCUT2D eigenvalue weighted by atomic mass is 35.5. The van der Waals surface area contributed by atoms with Gasteiger partial charge in [0, 0.05) is 36.2 Å². The minimum Gasteiger partial charge on any atom is -0.353 e. The molecule has 0 unspecified atom stereocenters. The number of halogens is 3. The van der Waals surface area contributed by atoms with E-state index >= 15 is 0 Å². The van der Waals surface area contributed by atoms with Crippen molar-refractivity contribution in [3.63, 3.8) is 0 Å². The Morgan fingerprint density at radius 1 is 0.943 bits per heavy atom. The molecule has 0 saturated heterocycles. The third kappa shape index (κ3) is 6.57. The molecule has 186 valence electrons. The van der Waals surface area contributed by atoms with Gasteiger partial charge in [-0.15, -0.1) is 24.8 Å². The lowest BCUT2D eigenvalue weighted by atomic mass is 9.78. The Balaban J connectivity index is 0.00000216. The summed E-state index contributed by atoms with van der Waals surface area (Å²) in [5, 5.41) is 5.81. The zero-order chi connectivity index (χ0) is 23.3. The molecular weight excluding hydrogens is 490 g/mol. The zero-order valence-electron chi connectivity index (χ0n) is 19.1. The summed E-state index contributed by atoms with van der Waals surface area (Å²) in [5.74, 6) is -0.611. The highest BCUT2D eigenvalue weighted by molar-refractivity contribution is 6.04. The average Bonchev–Trinajstić information content (AvgIpc) is 3.35. The Kier molecular flexibility index (Phi) is 10.2. The van der Waals surface area contributed by atoms with Crippen molar-refractivity contribution in [2.75, 3.05) is 11.9 Å². The van der Waals surface area contributed by atoms with Crippen LogP contribution < -0.4 is 16.4 Å². The summed E-state index contributed by atoms with van der Waals surface area (Å²) >= 11 is 0. The minimum atomic E-state index is -0.637. The first-order chi connectivity index (χ1) is 16.0. The molecule has 0 spiro atoms. The van der Waals surface area contributed by atoms with E-state index < -0.39 is 11.5 Å². The molecule has 1 saturated carbocycles. The van der Waals surface area contributed by atoms with Gasteiger partial charge in [0.15, 0.2) is 0 Å². The number of nitrogens with zero attached hydrogens (tertiary/aromatic N) is 1. The second-order valence-electron chi connectivity index (χ2n) is 8.42. The number of rotatable bonds is 7. The second kappa shape index (κ2) is 12.6. The number of hydrogen-bond acceptors (Lipinski definition) is 4. The van der Waals surface area contributed by atoms with Crippen LogP contribution in [-0.4, -0.2) is 23.3 Å². The molecule has 1 fully saturated rings. The van der Waals surface area contributed by atoms with Crippen LogP contribution in [-0.2, 0) is 10.2 Å². The molecular formula is C26H29Cl2FN4O2. The molecule has 6 nitrogen and oxygen atoms in total. The summed E-state index contributed by atoms with van der Waals surface area (Å²) in [6, 6.07) is 16.2. The van der Waals surface area contributed by atoms with Gasteiger partial charge in [0.25, 0.3) is 5.91 Å². The number of hydrogen-bond donors (Lipinski definition) is 3. The maximum atomic E-state index is 13.4. The maximum Gasteiger partial charge on any atom is 0.255 e. The number of amides is 2. The first-order valence-electron chi connectivity index (χ1n) is 11.1. The summed E-state index contributed by atoms with van der Waals surface area (Å²) < 4.78 is 13.4. The molecule has 3 aromatic rings. The van der Waals surface area contributed by atoms with Gasteiger partial charge in [0.2, 0.25) is 5.91 Å². The lowest BCUT2D eigenvalue weighted by Crippen LogP contribution is -2.44. The number of benzene rings is 2. The van der Waals surface area contributed by atoms with E-state index in [1.54, 1.807) is 60.9 Å². The highest BCUT2D eigenvalue weighted by Gasteiger charge is 2.42. The molecule has 35 heavy (non-hydrogen) atoms. The van der Waals surface area contributed by atoms with Gasteiger partial charge in [-0.3, -0.25) is 14.6 Å². The van der Waals surface area contributed by atoms with Crippen LogP contribution in [0.2, 0.25) is 0 Å². The minimum absolute atomic E-state index is 0. The number of carbonyl (C=O) groups is 2. The Morgan fingerprint density at radius 2 is 1.54 bits per heavy atom. The van der Waals surface area contributed by atoms with E-state index in [2.05, 4.69) is 15.6 Å². The molecule has 4 rings (SSSR count). The average molecular weight is 519 g/mol. The number of nitrogens with two attached hydrogens (primary N) is 1. The topological polar surface area (TPSA) is 97.1 Å². The van der Waals surface area contributed by atoms with E-state index in [9.17, 15) is 14.0 Å². The third-order valence-electron chi connectivity index (χ3n) is 6.31. The van der Waals surface area contributed by atoms with Gasteiger partial charge in [-0.2, -0.15) is 0 Å². The van der Waals surface area contributed by atoms with E-state index in [1.807, 2.05) is 0 Å². The largest absolute Gasteiger partial charge is 0.353 e. The van der Waals surface area contributed by atoms with Crippen LogP contribution in [0.1, 0.15) is 53.2 Å². The van der Waals surface area contributed by atoms with Gasteiger partial charge in [0.1, 0.15) is 5.82 Å². The predicted molar refractivity (Wildman–Crippen MR) is 140 cm³/mol. The molecule has 4 N–H and O–H groups in total. The van der Waals surface area contributed by atoms with Crippen molar-refractivity contribution in [3.05, 3.63) is 95.6 Å². The van der Waals surface area contributed by atoms with Gasteiger partial charge in [-0.05, 0) is 60.4 Å². The predicted octanol–water partition coefficient (Wildman–Crippen LogP) is 4.94. The summed E-state index contributed by atoms with van der Waals surface area (Å²) in [6.07, 6.45) is 6.61. The Morgan fingerprint density at radius 3 is 2.14 bits per heavy atom. The standard InChI is InChI=1S/C26H27FN4O2.2ClH/c27-21-9-7-20(8-10-21)26(13-1-2-14-26)25(33)30-17-23(28)18-3-5-19(6-4-18)24(32)31-22-11-15-29-16-12-22;;/h3-12,15-16,23H,1-2,13-14,17,28H2,(H,30,33)(H,29,31,32);2*1H/t23-;;/m1../s1. The fourth-order valence-corrected chi connectivity index (χ4v) is 4.40. The van der Waals surface area contributed by atoms with Crippen molar-refractivity contribution in [3.8, 4) is 0 Å². The summed E-state index contributed by atoms with van der Waals surface area (Å²) in [7, 11) is 0. The third-order valence-corrected chi connectivity index (χ3v) is 6.31. The molecule has 9 heteroatoms. The van der Waals surface area contributed by atoms with Crippen molar-refractivity contribution in [1.82, 2.24) is 10.3 Å². The molecule has 1 aliphatic carbocycles. The Labute approximate surface area is 216 Å². The van der Waals surface area contributed by atoms with Crippen molar-refractivity contribution in [2.45, 2.75) is 37.1 Å². The van der Waals surface area contributed by atoms with Crippen LogP contribution in [0.5, 0.6) is 0 Å². The highest BCUT2D eigenvalue weighted by Crippen LogP contribution is 2.41. The molecule has 0 radical (unpaired) electrons. The molecule has 0 bridgehead atoms. The molecule has 2 aromatic carbocycles. The van der Waals surface area contributed by atoms with Gasteiger partial charge in [0.05, 0.1) is 5.41 Å². The fourth-order valence-electron chi connectivity index (χ4n) is 4.40. The second-order valence-corrected chi connectivity index (χ2v) is 8.42. The normalized spacial score (nSPS) is 14.7. The zero-order valence-corrected chi connectivity index (χ0v) is 20.7. The van der Waals surface area contributed by atoms with Crippen molar-refractivity contribution in [2.24, 2.45) is 5.73 Å². The molecule has 1 aromatic heterocycles. The lowest BCUT2D eigenvalue weighted by molar-refractivity contribution is -0.126. The van der Waals surface area contributed by atoms with E-state index in [1.165, 1.54) is 12.1 Å². The SMILES string of the molecule is Cl.Cl.N[C@H](CNC(=O)C1(c2ccc(F)cc2)CCCC1)c1ccc(C(=O)Nc2ccncc2)cc1. The summed E-state index contributed by atoms with van der Waals surface area (Å²) in [5.41, 5.74) is 8.52. The van der Waals surface area contributed by atoms with Crippen LogP contribution >= 0.6 is 24.8 Å². The molecule has 1 atom stereocenters. The van der Waals surface area contributed by atoms with E-state index in [0.29, 0.717) is 11.3 Å². The van der Waals surface area contributed by atoms with Crippen LogP contribution in [0, 0.1) is 5.82 Å². The molecule has 2 amide bonds. The maximum absolute atomic E-state index is 13.4. The number of nitrogens with one attached hydrogen (secondary N) is 2. The van der Waals surface area contributed by atoms with E-state index in [-0.39, 0.29) is 49.0 Å². The van der Waals surface area contributed by atoms with E-state index in [0.717, 1.165) is 36.8 Å². The van der Waals surface area contributed by atoms with Gasteiger partial charge >= 0.3 is 0 Å². The smallest absolute Gasteiger partial charge is 0.255 e. The van der Waals surface area contributed by atoms with Crippen LogP contribution in [0.15, 0.2) is 73.1 Å². The Hall–Kier alpha value is -3.00.